The third-order valence-corrected chi connectivity index (χ3v) is 3.62. The zero-order chi connectivity index (χ0) is 17.5. The highest BCUT2D eigenvalue weighted by Crippen LogP contribution is 2.17. The number of rotatable bonds is 9. The SMILES string of the molecule is CCCCOC(C)(C)CC(=O)N(C)Cc1cc(C(C)=O)ccn1. The molecule has 0 bridgehead atoms. The molecule has 1 aromatic rings. The predicted octanol–water partition coefficient (Wildman–Crippen LogP) is 3.23. The minimum atomic E-state index is -0.477. The lowest BCUT2D eigenvalue weighted by molar-refractivity contribution is -0.137. The maximum absolute atomic E-state index is 12.4. The summed E-state index contributed by atoms with van der Waals surface area (Å²) in [5.41, 5.74) is 0.840. The Kier molecular flexibility index (Phi) is 7.36. The fourth-order valence-electron chi connectivity index (χ4n) is 2.16. The Bertz CT molecular complexity index is 541. The molecular weight excluding hydrogens is 292 g/mol. The van der Waals surface area contributed by atoms with Gasteiger partial charge in [0.15, 0.2) is 5.78 Å². The van der Waals surface area contributed by atoms with E-state index in [1.807, 2.05) is 13.8 Å². The number of ketones is 1. The molecule has 1 aromatic heterocycles. The van der Waals surface area contributed by atoms with Crippen LogP contribution in [-0.2, 0) is 16.1 Å². The molecule has 0 saturated heterocycles. The molecule has 1 rings (SSSR count). The fraction of sp³-hybridized carbons (Fsp3) is 0.611. The molecule has 1 heterocycles. The van der Waals surface area contributed by atoms with Crippen LogP contribution in [0.5, 0.6) is 0 Å². The minimum absolute atomic E-state index is 0.00141. The molecular formula is C18H28N2O3. The first-order valence-electron chi connectivity index (χ1n) is 8.09. The van der Waals surface area contributed by atoms with Crippen molar-refractivity contribution in [1.82, 2.24) is 9.88 Å². The van der Waals surface area contributed by atoms with Crippen molar-refractivity contribution in [3.05, 3.63) is 29.6 Å². The van der Waals surface area contributed by atoms with Crippen molar-refractivity contribution < 1.29 is 14.3 Å². The van der Waals surface area contributed by atoms with E-state index in [1.165, 1.54) is 6.92 Å². The number of carbonyl (C=O) groups excluding carboxylic acids is 2. The standard InChI is InChI=1S/C18H28N2O3/c1-6-7-10-23-18(3,4)12-17(22)20(5)13-16-11-15(14(2)21)8-9-19-16/h8-9,11H,6-7,10,12-13H2,1-5H3. The van der Waals surface area contributed by atoms with Gasteiger partial charge in [0.05, 0.1) is 24.3 Å². The van der Waals surface area contributed by atoms with Gasteiger partial charge in [-0.2, -0.15) is 0 Å². The first kappa shape index (κ1) is 19.3. The monoisotopic (exact) mass is 320 g/mol. The molecule has 0 aliphatic heterocycles. The number of unbranched alkanes of at least 4 members (excludes halogenated alkanes) is 1. The molecule has 0 spiro atoms. The zero-order valence-electron chi connectivity index (χ0n) is 14.9. The van der Waals surface area contributed by atoms with Crippen molar-refractivity contribution >= 4 is 11.7 Å². The number of pyridine rings is 1. The summed E-state index contributed by atoms with van der Waals surface area (Å²) in [6, 6.07) is 3.41. The average molecular weight is 320 g/mol. The van der Waals surface area contributed by atoms with Gasteiger partial charge in [0.25, 0.3) is 0 Å². The molecule has 0 aliphatic rings. The van der Waals surface area contributed by atoms with Gasteiger partial charge in [-0.05, 0) is 39.3 Å². The largest absolute Gasteiger partial charge is 0.375 e. The Labute approximate surface area is 139 Å². The van der Waals surface area contributed by atoms with Gasteiger partial charge < -0.3 is 9.64 Å². The van der Waals surface area contributed by atoms with Crippen LogP contribution < -0.4 is 0 Å². The van der Waals surface area contributed by atoms with Crippen molar-refractivity contribution in [2.24, 2.45) is 0 Å². The number of carbonyl (C=O) groups is 2. The van der Waals surface area contributed by atoms with E-state index in [0.717, 1.165) is 12.8 Å². The highest BCUT2D eigenvalue weighted by molar-refractivity contribution is 5.94. The molecule has 1 amide bonds. The Hall–Kier alpha value is -1.75. The van der Waals surface area contributed by atoms with Crippen molar-refractivity contribution in [3.8, 4) is 0 Å². The summed E-state index contributed by atoms with van der Waals surface area (Å²) in [5, 5.41) is 0. The minimum Gasteiger partial charge on any atom is -0.375 e. The van der Waals surface area contributed by atoms with Crippen LogP contribution >= 0.6 is 0 Å². The molecule has 0 unspecified atom stereocenters. The van der Waals surface area contributed by atoms with Crippen molar-refractivity contribution in [2.75, 3.05) is 13.7 Å². The van der Waals surface area contributed by atoms with E-state index in [4.69, 9.17) is 4.74 Å². The highest BCUT2D eigenvalue weighted by atomic mass is 16.5. The maximum Gasteiger partial charge on any atom is 0.225 e. The quantitative estimate of drug-likeness (QED) is 0.518. The maximum atomic E-state index is 12.4. The third kappa shape index (κ3) is 6.91. The van der Waals surface area contributed by atoms with Crippen molar-refractivity contribution in [2.45, 2.75) is 59.1 Å². The second-order valence-corrected chi connectivity index (χ2v) is 6.48. The molecule has 0 aromatic carbocycles. The number of ether oxygens (including phenoxy) is 1. The molecule has 0 aliphatic carbocycles. The number of nitrogens with zero attached hydrogens (tertiary/aromatic N) is 2. The number of hydrogen-bond acceptors (Lipinski definition) is 4. The van der Waals surface area contributed by atoms with Gasteiger partial charge in [-0.25, -0.2) is 0 Å². The summed E-state index contributed by atoms with van der Waals surface area (Å²) in [6.07, 6.45) is 3.99. The molecule has 0 fully saturated rings. The molecule has 5 heteroatoms. The fourth-order valence-corrected chi connectivity index (χ4v) is 2.16. The molecule has 0 radical (unpaired) electrons. The van der Waals surface area contributed by atoms with E-state index in [2.05, 4.69) is 11.9 Å². The normalized spacial score (nSPS) is 11.3. The summed E-state index contributed by atoms with van der Waals surface area (Å²) in [5.74, 6) is -0.00499. The Morgan fingerprint density at radius 2 is 2.04 bits per heavy atom. The first-order valence-corrected chi connectivity index (χ1v) is 8.09. The lowest BCUT2D eigenvalue weighted by atomic mass is 10.0. The molecule has 23 heavy (non-hydrogen) atoms. The lowest BCUT2D eigenvalue weighted by Gasteiger charge is -2.27. The lowest BCUT2D eigenvalue weighted by Crippen LogP contribution is -2.35. The first-order chi connectivity index (χ1) is 10.7. The number of amides is 1. The van der Waals surface area contributed by atoms with Gasteiger partial charge in [-0.1, -0.05) is 13.3 Å². The third-order valence-electron chi connectivity index (χ3n) is 3.62. The molecule has 0 saturated carbocycles. The number of Topliss-reactive ketones (excluding diaryl/α,β-unsaturated/α-hetero) is 1. The summed E-state index contributed by atoms with van der Waals surface area (Å²) >= 11 is 0. The molecule has 128 valence electrons. The van der Waals surface area contributed by atoms with Crippen LogP contribution in [0.4, 0.5) is 0 Å². The second kappa shape index (κ2) is 8.77. The van der Waals surface area contributed by atoms with E-state index < -0.39 is 5.60 Å². The van der Waals surface area contributed by atoms with E-state index in [1.54, 1.807) is 30.3 Å². The molecule has 0 atom stereocenters. The smallest absolute Gasteiger partial charge is 0.225 e. The summed E-state index contributed by atoms with van der Waals surface area (Å²) < 4.78 is 5.78. The van der Waals surface area contributed by atoms with Crippen LogP contribution in [0.3, 0.4) is 0 Å². The summed E-state index contributed by atoms with van der Waals surface area (Å²) in [6.45, 7) is 8.54. The van der Waals surface area contributed by atoms with E-state index in [-0.39, 0.29) is 11.7 Å². The summed E-state index contributed by atoms with van der Waals surface area (Å²) in [4.78, 5) is 29.6. The summed E-state index contributed by atoms with van der Waals surface area (Å²) in [7, 11) is 1.74. The Morgan fingerprint density at radius 3 is 2.65 bits per heavy atom. The van der Waals surface area contributed by atoms with Gasteiger partial charge in [-0.15, -0.1) is 0 Å². The van der Waals surface area contributed by atoms with Gasteiger partial charge in [0.2, 0.25) is 5.91 Å². The Balaban J connectivity index is 2.59. The second-order valence-electron chi connectivity index (χ2n) is 6.48. The molecule has 0 N–H and O–H groups in total. The van der Waals surface area contributed by atoms with Gasteiger partial charge in [-0.3, -0.25) is 14.6 Å². The van der Waals surface area contributed by atoms with Crippen LogP contribution in [0.2, 0.25) is 0 Å². The predicted molar refractivity (Wildman–Crippen MR) is 90.3 cm³/mol. The van der Waals surface area contributed by atoms with Gasteiger partial charge >= 0.3 is 0 Å². The molecule has 5 nitrogen and oxygen atoms in total. The van der Waals surface area contributed by atoms with E-state index in [9.17, 15) is 9.59 Å². The number of aromatic nitrogens is 1. The van der Waals surface area contributed by atoms with Gasteiger partial charge in [0.1, 0.15) is 0 Å². The van der Waals surface area contributed by atoms with Crippen LogP contribution in [0, 0.1) is 0 Å². The van der Waals surface area contributed by atoms with Crippen molar-refractivity contribution in [3.63, 3.8) is 0 Å². The van der Waals surface area contributed by atoms with E-state index in [0.29, 0.717) is 30.8 Å². The topological polar surface area (TPSA) is 59.5 Å². The Morgan fingerprint density at radius 1 is 1.35 bits per heavy atom. The van der Waals surface area contributed by atoms with Gasteiger partial charge in [0, 0.05) is 25.4 Å². The van der Waals surface area contributed by atoms with Crippen LogP contribution in [0.25, 0.3) is 0 Å². The van der Waals surface area contributed by atoms with Crippen LogP contribution in [0.15, 0.2) is 18.3 Å². The van der Waals surface area contributed by atoms with E-state index >= 15 is 0 Å². The number of hydrogen-bond donors (Lipinski definition) is 0. The van der Waals surface area contributed by atoms with Crippen LogP contribution in [0.1, 0.15) is 63.0 Å². The highest BCUT2D eigenvalue weighted by Gasteiger charge is 2.24. The van der Waals surface area contributed by atoms with Crippen LogP contribution in [-0.4, -0.2) is 40.8 Å². The average Bonchev–Trinajstić information content (AvgIpc) is 2.47. The zero-order valence-corrected chi connectivity index (χ0v) is 14.9. The van der Waals surface area contributed by atoms with Crippen molar-refractivity contribution in [1.29, 1.82) is 0 Å².